The molecule has 234 valence electrons. The Morgan fingerprint density at radius 1 is 0.756 bits per heavy atom. The van der Waals surface area contributed by atoms with Gasteiger partial charge in [-0.1, -0.05) is 117 Å². The summed E-state index contributed by atoms with van der Waals surface area (Å²) in [6, 6.07) is 32.3. The molecule has 0 saturated heterocycles. The quantitative estimate of drug-likeness (QED) is 0.119. The SMILES string of the molecule is CCCC(OC)OCc1ccc(-c2c(-c3cc(C(C)C)c(OCc4ccccc4)cc3OCc3ccccc3)noc2N)cc1. The summed E-state index contributed by atoms with van der Waals surface area (Å²) in [6.07, 6.45) is 1.61. The maximum Gasteiger partial charge on any atom is 0.230 e. The summed E-state index contributed by atoms with van der Waals surface area (Å²) in [6.45, 7) is 7.67. The Balaban J connectivity index is 1.50. The molecule has 1 atom stereocenters. The first kappa shape index (κ1) is 31.8. The van der Waals surface area contributed by atoms with E-state index in [1.54, 1.807) is 7.11 Å². The van der Waals surface area contributed by atoms with Gasteiger partial charge in [0.15, 0.2) is 6.29 Å². The second-order valence-electron chi connectivity index (χ2n) is 11.3. The van der Waals surface area contributed by atoms with E-state index in [1.807, 2.05) is 78.9 Å². The van der Waals surface area contributed by atoms with Crippen molar-refractivity contribution >= 4 is 5.88 Å². The molecule has 5 aromatic rings. The van der Waals surface area contributed by atoms with Gasteiger partial charge in [-0.05, 0) is 46.2 Å². The Labute approximate surface area is 265 Å². The summed E-state index contributed by atoms with van der Waals surface area (Å²) in [4.78, 5) is 0. The van der Waals surface area contributed by atoms with Crippen molar-refractivity contribution in [1.82, 2.24) is 5.16 Å². The molecule has 5 rings (SSSR count). The molecular formula is C38H42N2O5. The highest BCUT2D eigenvalue weighted by molar-refractivity contribution is 5.89. The second-order valence-corrected chi connectivity index (χ2v) is 11.3. The van der Waals surface area contributed by atoms with E-state index < -0.39 is 0 Å². The van der Waals surface area contributed by atoms with Gasteiger partial charge in [0.25, 0.3) is 0 Å². The van der Waals surface area contributed by atoms with Crippen LogP contribution in [0.15, 0.2) is 102 Å². The molecule has 0 saturated carbocycles. The molecule has 0 amide bonds. The third-order valence-electron chi connectivity index (χ3n) is 7.65. The van der Waals surface area contributed by atoms with Gasteiger partial charge in [-0.2, -0.15) is 0 Å². The smallest absolute Gasteiger partial charge is 0.230 e. The molecule has 0 radical (unpaired) electrons. The zero-order chi connectivity index (χ0) is 31.6. The van der Waals surface area contributed by atoms with Gasteiger partial charge in [0.2, 0.25) is 5.88 Å². The molecule has 45 heavy (non-hydrogen) atoms. The molecule has 2 N–H and O–H groups in total. The number of methoxy groups -OCH3 is 1. The van der Waals surface area contributed by atoms with Crippen molar-refractivity contribution in [1.29, 1.82) is 0 Å². The van der Waals surface area contributed by atoms with Crippen LogP contribution < -0.4 is 15.2 Å². The van der Waals surface area contributed by atoms with Gasteiger partial charge < -0.3 is 29.2 Å². The molecule has 7 nitrogen and oxygen atoms in total. The highest BCUT2D eigenvalue weighted by Gasteiger charge is 2.24. The zero-order valence-corrected chi connectivity index (χ0v) is 26.5. The van der Waals surface area contributed by atoms with Crippen LogP contribution in [0.1, 0.15) is 61.8 Å². The van der Waals surface area contributed by atoms with E-state index in [1.165, 1.54) is 0 Å². The molecule has 1 unspecified atom stereocenters. The number of ether oxygens (including phenoxy) is 4. The molecule has 0 aliphatic carbocycles. The Morgan fingerprint density at radius 2 is 1.36 bits per heavy atom. The fraction of sp³-hybridized carbons (Fsp3) is 0.289. The van der Waals surface area contributed by atoms with Gasteiger partial charge in [0.1, 0.15) is 30.4 Å². The first-order valence-corrected chi connectivity index (χ1v) is 15.5. The molecule has 0 spiro atoms. The van der Waals surface area contributed by atoms with E-state index in [0.29, 0.717) is 36.8 Å². The lowest BCUT2D eigenvalue weighted by Gasteiger charge is -2.19. The van der Waals surface area contributed by atoms with Crippen LogP contribution >= 0.6 is 0 Å². The van der Waals surface area contributed by atoms with Crippen molar-refractivity contribution in [3.05, 3.63) is 119 Å². The maximum absolute atomic E-state index is 6.48. The number of aromatic nitrogens is 1. The van der Waals surface area contributed by atoms with E-state index in [0.717, 1.165) is 52.0 Å². The minimum atomic E-state index is -0.223. The van der Waals surface area contributed by atoms with Crippen LogP contribution in [0, 0.1) is 0 Å². The number of anilines is 1. The molecule has 7 heteroatoms. The largest absolute Gasteiger partial charge is 0.488 e. The molecule has 1 heterocycles. The Bertz CT molecular complexity index is 1630. The van der Waals surface area contributed by atoms with Crippen LogP contribution in [0.25, 0.3) is 22.4 Å². The van der Waals surface area contributed by atoms with E-state index in [4.69, 9.17) is 29.2 Å². The number of nitrogen functional groups attached to an aromatic ring is 1. The highest BCUT2D eigenvalue weighted by atomic mass is 16.7. The van der Waals surface area contributed by atoms with Crippen molar-refractivity contribution < 1.29 is 23.5 Å². The van der Waals surface area contributed by atoms with Crippen LogP contribution in [0.3, 0.4) is 0 Å². The van der Waals surface area contributed by atoms with Crippen molar-refractivity contribution in [3.8, 4) is 33.9 Å². The summed E-state index contributed by atoms with van der Waals surface area (Å²) in [5, 5.41) is 4.45. The van der Waals surface area contributed by atoms with Crippen LogP contribution in [0.5, 0.6) is 11.5 Å². The normalized spacial score (nSPS) is 11.9. The topological polar surface area (TPSA) is 89.0 Å². The van der Waals surface area contributed by atoms with Crippen molar-refractivity contribution in [3.63, 3.8) is 0 Å². The number of rotatable bonds is 15. The Hall–Kier alpha value is -4.59. The third-order valence-corrected chi connectivity index (χ3v) is 7.65. The van der Waals surface area contributed by atoms with Gasteiger partial charge in [-0.3, -0.25) is 0 Å². The maximum atomic E-state index is 6.48. The molecule has 1 aromatic heterocycles. The first-order valence-electron chi connectivity index (χ1n) is 15.5. The summed E-state index contributed by atoms with van der Waals surface area (Å²) >= 11 is 0. The van der Waals surface area contributed by atoms with Crippen LogP contribution in [-0.4, -0.2) is 18.6 Å². The average Bonchev–Trinajstić information content (AvgIpc) is 3.46. The summed E-state index contributed by atoms with van der Waals surface area (Å²) in [5.41, 5.74) is 13.6. The molecule has 4 aromatic carbocycles. The predicted octanol–water partition coefficient (Wildman–Crippen LogP) is 9.16. The zero-order valence-electron chi connectivity index (χ0n) is 26.5. The minimum absolute atomic E-state index is 0.174. The lowest BCUT2D eigenvalue weighted by molar-refractivity contribution is -0.135. The van der Waals surface area contributed by atoms with E-state index in [2.05, 4.69) is 44.1 Å². The number of hydrogen-bond acceptors (Lipinski definition) is 7. The van der Waals surface area contributed by atoms with Crippen LogP contribution in [-0.2, 0) is 29.3 Å². The molecule has 0 fully saturated rings. The summed E-state index contributed by atoms with van der Waals surface area (Å²) in [5.74, 6) is 1.81. The number of benzene rings is 4. The summed E-state index contributed by atoms with van der Waals surface area (Å²) in [7, 11) is 1.67. The van der Waals surface area contributed by atoms with Crippen molar-refractivity contribution in [2.75, 3.05) is 12.8 Å². The van der Waals surface area contributed by atoms with E-state index in [-0.39, 0.29) is 18.1 Å². The molecule has 0 bridgehead atoms. The fourth-order valence-electron chi connectivity index (χ4n) is 5.16. The monoisotopic (exact) mass is 606 g/mol. The van der Waals surface area contributed by atoms with Gasteiger partial charge in [0, 0.05) is 18.7 Å². The second kappa shape index (κ2) is 15.4. The fourth-order valence-corrected chi connectivity index (χ4v) is 5.16. The van der Waals surface area contributed by atoms with Gasteiger partial charge in [0.05, 0.1) is 12.2 Å². The molecule has 0 aliphatic rings. The molecule has 0 aliphatic heterocycles. The first-order chi connectivity index (χ1) is 22.0. The van der Waals surface area contributed by atoms with E-state index in [9.17, 15) is 0 Å². The van der Waals surface area contributed by atoms with Crippen molar-refractivity contribution in [2.24, 2.45) is 0 Å². The van der Waals surface area contributed by atoms with Crippen LogP contribution in [0.2, 0.25) is 0 Å². The Kier molecular flexibility index (Phi) is 10.9. The van der Waals surface area contributed by atoms with Crippen molar-refractivity contribution in [2.45, 2.75) is 65.6 Å². The number of hydrogen-bond donors (Lipinski definition) is 1. The lowest BCUT2D eigenvalue weighted by atomic mass is 9.94. The minimum Gasteiger partial charge on any atom is -0.488 e. The number of nitrogens with two attached hydrogens (primary N) is 1. The number of nitrogens with zero attached hydrogens (tertiary/aromatic N) is 1. The van der Waals surface area contributed by atoms with Crippen LogP contribution in [0.4, 0.5) is 5.88 Å². The van der Waals surface area contributed by atoms with E-state index >= 15 is 0 Å². The standard InChI is InChI=1S/C38H42N2O5/c1-5-12-35(41-4)44-25-29-17-19-30(20-18-29)36-37(40-45-38(36)39)32-21-31(26(2)3)33(42-23-27-13-8-6-9-14-27)22-34(32)43-24-28-15-10-7-11-16-28/h6-11,13-22,26,35H,5,12,23-25,39H2,1-4H3. The van der Waals surface area contributed by atoms with Gasteiger partial charge in [-0.15, -0.1) is 0 Å². The third kappa shape index (κ3) is 8.12. The lowest BCUT2D eigenvalue weighted by Crippen LogP contribution is -2.14. The summed E-state index contributed by atoms with van der Waals surface area (Å²) < 4.78 is 29.8. The average molecular weight is 607 g/mol. The molecular weight excluding hydrogens is 564 g/mol. The van der Waals surface area contributed by atoms with Gasteiger partial charge in [-0.25, -0.2) is 0 Å². The van der Waals surface area contributed by atoms with Gasteiger partial charge >= 0.3 is 0 Å². The Morgan fingerprint density at radius 3 is 1.93 bits per heavy atom. The highest BCUT2D eigenvalue weighted by Crippen LogP contribution is 2.44. The predicted molar refractivity (Wildman–Crippen MR) is 178 cm³/mol.